The van der Waals surface area contributed by atoms with E-state index in [1.165, 1.54) is 0 Å². The zero-order chi connectivity index (χ0) is 10.0. The smallest absolute Gasteiger partial charge is 0.121 e. The van der Waals surface area contributed by atoms with Crippen molar-refractivity contribution in [2.24, 2.45) is 0 Å². The topological polar surface area (TPSA) is 52.5 Å². The molecule has 1 aromatic rings. The van der Waals surface area contributed by atoms with E-state index in [1.54, 1.807) is 18.2 Å². The lowest BCUT2D eigenvalue weighted by atomic mass is 9.84. The van der Waals surface area contributed by atoms with Crippen molar-refractivity contribution < 1.29 is 10.2 Å². The van der Waals surface area contributed by atoms with Crippen LogP contribution < -0.4 is 5.32 Å². The number of aliphatic hydroxyl groups is 1. The van der Waals surface area contributed by atoms with E-state index in [4.69, 9.17) is 0 Å². The van der Waals surface area contributed by atoms with E-state index >= 15 is 0 Å². The van der Waals surface area contributed by atoms with Gasteiger partial charge in [-0.3, -0.25) is 0 Å². The van der Waals surface area contributed by atoms with Gasteiger partial charge in [0, 0.05) is 5.56 Å². The number of para-hydroxylation sites is 1. The van der Waals surface area contributed by atoms with Gasteiger partial charge in [-0.1, -0.05) is 18.2 Å². The predicted octanol–water partition coefficient (Wildman–Crippen LogP) is 1.38. The summed E-state index contributed by atoms with van der Waals surface area (Å²) >= 11 is 0. The van der Waals surface area contributed by atoms with Gasteiger partial charge < -0.3 is 15.5 Å². The van der Waals surface area contributed by atoms with E-state index in [1.807, 2.05) is 6.07 Å². The third kappa shape index (κ3) is 2.43. The van der Waals surface area contributed by atoms with Crippen molar-refractivity contribution in [3.63, 3.8) is 0 Å². The Morgan fingerprint density at radius 2 is 1.73 bits per heavy atom. The highest BCUT2D eigenvalue weighted by Crippen LogP contribution is 2.35. The molecule has 84 valence electrons. The fourth-order valence-electron chi connectivity index (χ4n) is 1.98. The molecule has 0 aliphatic carbocycles. The second kappa shape index (κ2) is 4.84. The normalized spacial score (nSPS) is 19.3. The summed E-state index contributed by atoms with van der Waals surface area (Å²) in [6, 6.07) is 7.02. The van der Waals surface area contributed by atoms with E-state index in [0.717, 1.165) is 13.1 Å². The van der Waals surface area contributed by atoms with Crippen LogP contribution in [0.3, 0.4) is 0 Å². The van der Waals surface area contributed by atoms with Gasteiger partial charge in [0.05, 0.1) is 5.60 Å². The van der Waals surface area contributed by atoms with Gasteiger partial charge in [-0.2, -0.15) is 0 Å². The lowest BCUT2D eigenvalue weighted by Gasteiger charge is -2.33. The fraction of sp³-hybridized carbons (Fsp3) is 0.455. The molecule has 1 saturated heterocycles. The number of hydrogen-bond donors (Lipinski definition) is 3. The first-order chi connectivity index (χ1) is 6.72. The van der Waals surface area contributed by atoms with E-state index in [0.29, 0.717) is 18.4 Å². The quantitative estimate of drug-likeness (QED) is 0.682. The van der Waals surface area contributed by atoms with Crippen LogP contribution in [0.15, 0.2) is 24.3 Å². The Labute approximate surface area is 95.5 Å². The van der Waals surface area contributed by atoms with Gasteiger partial charge in [0.15, 0.2) is 0 Å². The van der Waals surface area contributed by atoms with Crippen molar-refractivity contribution >= 4 is 12.4 Å². The highest BCUT2D eigenvalue weighted by atomic mass is 35.5. The summed E-state index contributed by atoms with van der Waals surface area (Å²) in [5.74, 6) is 0.192. The molecule has 1 heterocycles. The molecular formula is C11H16ClNO2. The van der Waals surface area contributed by atoms with Crippen LogP contribution in [-0.2, 0) is 5.60 Å². The van der Waals surface area contributed by atoms with Gasteiger partial charge in [-0.25, -0.2) is 0 Å². The van der Waals surface area contributed by atoms with Crippen molar-refractivity contribution in [1.29, 1.82) is 0 Å². The Morgan fingerprint density at radius 3 is 2.33 bits per heavy atom. The van der Waals surface area contributed by atoms with E-state index in [9.17, 15) is 10.2 Å². The molecule has 15 heavy (non-hydrogen) atoms. The third-order valence-electron chi connectivity index (χ3n) is 2.84. The van der Waals surface area contributed by atoms with E-state index in [-0.39, 0.29) is 18.2 Å². The molecule has 0 atom stereocenters. The van der Waals surface area contributed by atoms with Gasteiger partial charge in [0.2, 0.25) is 0 Å². The Kier molecular flexibility index (Phi) is 3.97. The summed E-state index contributed by atoms with van der Waals surface area (Å²) < 4.78 is 0. The number of aromatic hydroxyl groups is 1. The van der Waals surface area contributed by atoms with E-state index < -0.39 is 5.60 Å². The second-order valence-corrected chi connectivity index (χ2v) is 3.80. The third-order valence-corrected chi connectivity index (χ3v) is 2.84. The summed E-state index contributed by atoms with van der Waals surface area (Å²) in [5.41, 5.74) is -0.196. The Morgan fingerprint density at radius 1 is 1.13 bits per heavy atom. The first-order valence-electron chi connectivity index (χ1n) is 4.94. The molecular weight excluding hydrogens is 214 g/mol. The zero-order valence-electron chi connectivity index (χ0n) is 8.44. The molecule has 1 aliphatic heterocycles. The van der Waals surface area contributed by atoms with Crippen LogP contribution in [0, 0.1) is 0 Å². The molecule has 0 bridgehead atoms. The number of piperidine rings is 1. The predicted molar refractivity (Wildman–Crippen MR) is 61.4 cm³/mol. The summed E-state index contributed by atoms with van der Waals surface area (Å²) in [6.45, 7) is 1.59. The van der Waals surface area contributed by atoms with Crippen LogP contribution in [0.25, 0.3) is 0 Å². The molecule has 0 spiro atoms. The molecule has 4 heteroatoms. The maximum absolute atomic E-state index is 10.3. The number of rotatable bonds is 1. The van der Waals surface area contributed by atoms with Crippen molar-refractivity contribution in [1.82, 2.24) is 5.32 Å². The molecule has 1 aliphatic rings. The number of nitrogens with one attached hydrogen (secondary N) is 1. The maximum atomic E-state index is 10.3. The molecule has 0 saturated carbocycles. The van der Waals surface area contributed by atoms with Crippen LogP contribution in [0.4, 0.5) is 0 Å². The summed E-state index contributed by atoms with van der Waals surface area (Å²) in [5, 5.41) is 23.2. The number of phenolic OH excluding ortho intramolecular Hbond substituents is 1. The minimum absolute atomic E-state index is 0. The maximum Gasteiger partial charge on any atom is 0.121 e. The zero-order valence-corrected chi connectivity index (χ0v) is 9.26. The highest BCUT2D eigenvalue weighted by Gasteiger charge is 2.32. The number of halogens is 1. The molecule has 0 amide bonds. The Bertz CT molecular complexity index is 324. The summed E-state index contributed by atoms with van der Waals surface area (Å²) in [7, 11) is 0. The largest absolute Gasteiger partial charge is 0.508 e. The average Bonchev–Trinajstić information content (AvgIpc) is 2.19. The first kappa shape index (κ1) is 12.3. The van der Waals surface area contributed by atoms with Gasteiger partial charge in [0.25, 0.3) is 0 Å². The standard InChI is InChI=1S/C11H15NO2.ClH/c13-10-4-2-1-3-9(10)11(14)5-7-12-8-6-11;/h1-4,12-14H,5-8H2;1H. The minimum atomic E-state index is -0.851. The average molecular weight is 230 g/mol. The van der Waals surface area contributed by atoms with E-state index in [2.05, 4.69) is 5.32 Å². The second-order valence-electron chi connectivity index (χ2n) is 3.80. The Hall–Kier alpha value is -0.770. The lowest BCUT2D eigenvalue weighted by molar-refractivity contribution is 0.00399. The van der Waals surface area contributed by atoms with Crippen LogP contribution in [0.5, 0.6) is 5.75 Å². The van der Waals surface area contributed by atoms with Crippen LogP contribution >= 0.6 is 12.4 Å². The Balaban J connectivity index is 0.00000112. The van der Waals surface area contributed by atoms with Crippen LogP contribution in [-0.4, -0.2) is 23.3 Å². The van der Waals surface area contributed by atoms with Gasteiger partial charge >= 0.3 is 0 Å². The van der Waals surface area contributed by atoms with Gasteiger partial charge in [0.1, 0.15) is 5.75 Å². The van der Waals surface area contributed by atoms with Gasteiger partial charge in [-0.15, -0.1) is 12.4 Å². The summed E-state index contributed by atoms with van der Waals surface area (Å²) in [6.07, 6.45) is 1.31. The molecule has 0 aromatic heterocycles. The molecule has 2 rings (SSSR count). The number of benzene rings is 1. The molecule has 3 N–H and O–H groups in total. The monoisotopic (exact) mass is 229 g/mol. The minimum Gasteiger partial charge on any atom is -0.508 e. The van der Waals surface area contributed by atoms with Crippen LogP contribution in [0.2, 0.25) is 0 Å². The first-order valence-corrected chi connectivity index (χ1v) is 4.94. The molecule has 1 fully saturated rings. The fourth-order valence-corrected chi connectivity index (χ4v) is 1.98. The van der Waals surface area contributed by atoms with Crippen LogP contribution in [0.1, 0.15) is 18.4 Å². The van der Waals surface area contributed by atoms with Crippen molar-refractivity contribution in [3.8, 4) is 5.75 Å². The summed E-state index contributed by atoms with van der Waals surface area (Å²) in [4.78, 5) is 0. The lowest BCUT2D eigenvalue weighted by Crippen LogP contribution is -2.39. The molecule has 0 radical (unpaired) electrons. The van der Waals surface area contributed by atoms with Crippen molar-refractivity contribution in [3.05, 3.63) is 29.8 Å². The molecule has 0 unspecified atom stereocenters. The number of phenols is 1. The SMILES string of the molecule is Cl.Oc1ccccc1C1(O)CCNCC1. The van der Waals surface area contributed by atoms with Gasteiger partial charge in [-0.05, 0) is 32.0 Å². The highest BCUT2D eigenvalue weighted by molar-refractivity contribution is 5.85. The molecule has 3 nitrogen and oxygen atoms in total. The molecule has 1 aromatic carbocycles. The number of hydrogen-bond acceptors (Lipinski definition) is 3. The van der Waals surface area contributed by atoms with Crippen molar-refractivity contribution in [2.45, 2.75) is 18.4 Å². The van der Waals surface area contributed by atoms with Crippen molar-refractivity contribution in [2.75, 3.05) is 13.1 Å².